The molecular formula is C15H19N5. The number of guanidine groups is 1. The normalized spacial score (nSPS) is 17.6. The summed E-state index contributed by atoms with van der Waals surface area (Å²) in [6, 6.07) is 10.8. The Hall–Kier alpha value is -2.30. The van der Waals surface area contributed by atoms with Gasteiger partial charge in [-0.05, 0) is 12.5 Å². The van der Waals surface area contributed by atoms with Gasteiger partial charge in [0.25, 0.3) is 0 Å². The van der Waals surface area contributed by atoms with Crippen molar-refractivity contribution in [3.8, 4) is 0 Å². The molecule has 1 aliphatic heterocycles. The zero-order chi connectivity index (χ0) is 13.8. The molecule has 0 saturated heterocycles. The van der Waals surface area contributed by atoms with Crippen LogP contribution >= 0.6 is 0 Å². The van der Waals surface area contributed by atoms with Crippen LogP contribution in [-0.2, 0) is 13.1 Å². The summed E-state index contributed by atoms with van der Waals surface area (Å²) in [7, 11) is 0. The zero-order valence-electron chi connectivity index (χ0n) is 11.6. The number of rotatable bonds is 4. The van der Waals surface area contributed by atoms with E-state index in [1.807, 2.05) is 29.1 Å². The average Bonchev–Trinajstić information content (AvgIpc) is 3.07. The summed E-state index contributed by atoms with van der Waals surface area (Å²) >= 11 is 0. The van der Waals surface area contributed by atoms with E-state index in [2.05, 4.69) is 46.0 Å². The van der Waals surface area contributed by atoms with Gasteiger partial charge in [0.2, 0.25) is 0 Å². The van der Waals surface area contributed by atoms with Gasteiger partial charge >= 0.3 is 0 Å². The van der Waals surface area contributed by atoms with E-state index in [1.165, 1.54) is 5.56 Å². The third-order valence-electron chi connectivity index (χ3n) is 3.24. The van der Waals surface area contributed by atoms with Crippen LogP contribution in [0.25, 0.3) is 0 Å². The molecule has 0 spiro atoms. The van der Waals surface area contributed by atoms with Crippen LogP contribution in [0.2, 0.25) is 0 Å². The Bertz CT molecular complexity index is 587. The topological polar surface area (TPSA) is 54.2 Å². The highest BCUT2D eigenvalue weighted by Crippen LogP contribution is 2.04. The fourth-order valence-corrected chi connectivity index (χ4v) is 2.20. The van der Waals surface area contributed by atoms with Crippen molar-refractivity contribution in [2.75, 3.05) is 6.54 Å². The maximum absolute atomic E-state index is 4.39. The van der Waals surface area contributed by atoms with Crippen molar-refractivity contribution in [2.24, 2.45) is 4.99 Å². The van der Waals surface area contributed by atoms with E-state index >= 15 is 0 Å². The molecule has 0 bridgehead atoms. The molecule has 1 unspecified atom stereocenters. The van der Waals surface area contributed by atoms with Gasteiger partial charge in [0.1, 0.15) is 0 Å². The minimum atomic E-state index is 0.429. The van der Waals surface area contributed by atoms with E-state index < -0.39 is 0 Å². The fourth-order valence-electron chi connectivity index (χ4n) is 2.20. The van der Waals surface area contributed by atoms with Gasteiger partial charge in [-0.3, -0.25) is 9.67 Å². The van der Waals surface area contributed by atoms with Crippen molar-refractivity contribution in [1.29, 1.82) is 0 Å². The van der Waals surface area contributed by atoms with Crippen molar-refractivity contribution < 1.29 is 0 Å². The molecule has 20 heavy (non-hydrogen) atoms. The van der Waals surface area contributed by atoms with Crippen LogP contribution in [0.15, 0.2) is 47.7 Å². The second kappa shape index (κ2) is 5.77. The van der Waals surface area contributed by atoms with Gasteiger partial charge in [-0.2, -0.15) is 5.10 Å². The van der Waals surface area contributed by atoms with E-state index in [0.717, 1.165) is 31.2 Å². The van der Waals surface area contributed by atoms with Gasteiger partial charge < -0.3 is 10.6 Å². The summed E-state index contributed by atoms with van der Waals surface area (Å²) < 4.78 is 1.96. The highest BCUT2D eigenvalue weighted by atomic mass is 15.3. The van der Waals surface area contributed by atoms with Gasteiger partial charge in [0, 0.05) is 24.3 Å². The van der Waals surface area contributed by atoms with Crippen LogP contribution in [0.4, 0.5) is 0 Å². The predicted molar refractivity (Wildman–Crippen MR) is 79.5 cm³/mol. The van der Waals surface area contributed by atoms with Crippen LogP contribution in [0.3, 0.4) is 0 Å². The summed E-state index contributed by atoms with van der Waals surface area (Å²) in [5.74, 6) is 0.883. The molecule has 0 radical (unpaired) electrons. The lowest BCUT2D eigenvalue weighted by Crippen LogP contribution is -2.37. The molecule has 5 nitrogen and oxygen atoms in total. The van der Waals surface area contributed by atoms with Crippen LogP contribution in [0, 0.1) is 0 Å². The van der Waals surface area contributed by atoms with E-state index in [4.69, 9.17) is 0 Å². The maximum atomic E-state index is 4.39. The molecule has 2 N–H and O–H groups in total. The zero-order valence-corrected chi connectivity index (χ0v) is 11.6. The summed E-state index contributed by atoms with van der Waals surface area (Å²) in [5.41, 5.74) is 2.41. The molecule has 1 aromatic heterocycles. The molecule has 0 saturated carbocycles. The quantitative estimate of drug-likeness (QED) is 0.881. The number of aliphatic imine (C=N–C) groups is 1. The average molecular weight is 269 g/mol. The van der Waals surface area contributed by atoms with E-state index in [-0.39, 0.29) is 0 Å². The lowest BCUT2D eigenvalue weighted by Gasteiger charge is -2.07. The van der Waals surface area contributed by atoms with Crippen LogP contribution < -0.4 is 10.6 Å². The molecule has 0 aliphatic carbocycles. The van der Waals surface area contributed by atoms with Gasteiger partial charge in [0.15, 0.2) is 5.96 Å². The Morgan fingerprint density at radius 2 is 2.15 bits per heavy atom. The second-order valence-electron chi connectivity index (χ2n) is 5.12. The van der Waals surface area contributed by atoms with E-state index in [9.17, 15) is 0 Å². The van der Waals surface area contributed by atoms with Crippen molar-refractivity contribution in [2.45, 2.75) is 26.1 Å². The Morgan fingerprint density at radius 3 is 2.90 bits per heavy atom. The number of benzene rings is 1. The largest absolute Gasteiger partial charge is 0.352 e. The lowest BCUT2D eigenvalue weighted by atomic mass is 10.2. The summed E-state index contributed by atoms with van der Waals surface area (Å²) in [5, 5.41) is 11.0. The highest BCUT2D eigenvalue weighted by molar-refractivity contribution is 5.81. The molecule has 2 aromatic rings. The summed E-state index contributed by atoms with van der Waals surface area (Å²) in [6.07, 6.45) is 3.97. The first-order valence-corrected chi connectivity index (χ1v) is 6.90. The van der Waals surface area contributed by atoms with Crippen LogP contribution in [0.5, 0.6) is 0 Å². The number of hydrogen-bond acceptors (Lipinski definition) is 4. The minimum absolute atomic E-state index is 0.429. The number of nitrogens with one attached hydrogen (secondary N) is 2. The van der Waals surface area contributed by atoms with Crippen LogP contribution in [0.1, 0.15) is 18.1 Å². The molecule has 3 rings (SSSR count). The third-order valence-corrected chi connectivity index (χ3v) is 3.24. The number of nitrogens with zero attached hydrogens (tertiary/aromatic N) is 3. The van der Waals surface area contributed by atoms with Gasteiger partial charge in [0.05, 0.1) is 19.3 Å². The third kappa shape index (κ3) is 3.17. The molecule has 1 atom stereocenters. The van der Waals surface area contributed by atoms with Crippen molar-refractivity contribution in [3.63, 3.8) is 0 Å². The van der Waals surface area contributed by atoms with Gasteiger partial charge in [-0.15, -0.1) is 0 Å². The van der Waals surface area contributed by atoms with Crippen molar-refractivity contribution >= 4 is 5.96 Å². The summed E-state index contributed by atoms with van der Waals surface area (Å²) in [6.45, 7) is 4.51. The monoisotopic (exact) mass is 269 g/mol. The molecule has 5 heteroatoms. The first-order valence-electron chi connectivity index (χ1n) is 6.90. The second-order valence-corrected chi connectivity index (χ2v) is 5.12. The van der Waals surface area contributed by atoms with Gasteiger partial charge in [-0.1, -0.05) is 30.3 Å². The molecule has 1 aliphatic rings. The molecule has 0 amide bonds. The molecular weight excluding hydrogens is 250 g/mol. The fraction of sp³-hybridized carbons (Fsp3) is 0.333. The van der Waals surface area contributed by atoms with Crippen molar-refractivity contribution in [1.82, 2.24) is 20.4 Å². The van der Waals surface area contributed by atoms with Crippen LogP contribution in [-0.4, -0.2) is 28.3 Å². The standard InChI is InChI=1S/C15H19N5/c1-12-7-16-15(19-12)17-8-14-9-18-20(11-14)10-13-5-3-2-4-6-13/h2-6,9,11-12H,7-8,10H2,1H3,(H2,16,17,19). The molecule has 1 aromatic carbocycles. The Kier molecular flexibility index (Phi) is 3.67. The predicted octanol–water partition coefficient (Wildman–Crippen LogP) is 1.37. The first kappa shape index (κ1) is 12.7. The smallest absolute Gasteiger partial charge is 0.191 e. The Morgan fingerprint density at radius 1 is 1.30 bits per heavy atom. The first-order chi connectivity index (χ1) is 9.79. The highest BCUT2D eigenvalue weighted by Gasteiger charge is 2.11. The Labute approximate surface area is 118 Å². The SMILES string of the molecule is CC1CN=C(NCc2cnn(Cc3ccccc3)c2)N1. The maximum Gasteiger partial charge on any atom is 0.191 e. The molecule has 2 heterocycles. The number of aromatic nitrogens is 2. The van der Waals surface area contributed by atoms with Crippen molar-refractivity contribution in [3.05, 3.63) is 53.9 Å². The molecule has 104 valence electrons. The summed E-state index contributed by atoms with van der Waals surface area (Å²) in [4.78, 5) is 4.37. The number of hydrogen-bond donors (Lipinski definition) is 2. The minimum Gasteiger partial charge on any atom is -0.352 e. The van der Waals surface area contributed by atoms with E-state index in [0.29, 0.717) is 6.04 Å². The lowest BCUT2D eigenvalue weighted by molar-refractivity contribution is 0.685. The van der Waals surface area contributed by atoms with E-state index in [1.54, 1.807) is 0 Å². The van der Waals surface area contributed by atoms with Gasteiger partial charge in [-0.25, -0.2) is 0 Å². The molecule has 0 fully saturated rings. The Balaban J connectivity index is 1.54.